The number of nitrogens with one attached hydrogen (secondary N) is 2. The maximum absolute atomic E-state index is 5.35. The molecule has 6 nitrogen and oxygen atoms in total. The predicted octanol–water partition coefficient (Wildman–Crippen LogP) is 4.18. The molecule has 0 aliphatic heterocycles. The van der Waals surface area contributed by atoms with Crippen molar-refractivity contribution in [2.24, 2.45) is 4.99 Å². The van der Waals surface area contributed by atoms with E-state index in [2.05, 4.69) is 52.1 Å². The van der Waals surface area contributed by atoms with Crippen LogP contribution in [-0.2, 0) is 13.1 Å². The van der Waals surface area contributed by atoms with Crippen LogP contribution in [0.4, 0.5) is 0 Å². The zero-order valence-electron chi connectivity index (χ0n) is 15.9. The molecular formula is C20H25N5OS. The van der Waals surface area contributed by atoms with Crippen molar-refractivity contribution in [3.63, 3.8) is 0 Å². The number of aliphatic imine (C=N–C) groups is 1. The van der Waals surface area contributed by atoms with Gasteiger partial charge in [-0.15, -0.1) is 11.3 Å². The van der Waals surface area contributed by atoms with E-state index in [0.717, 1.165) is 40.2 Å². The Labute approximate surface area is 163 Å². The van der Waals surface area contributed by atoms with Crippen LogP contribution in [0.2, 0.25) is 0 Å². The summed E-state index contributed by atoms with van der Waals surface area (Å²) in [6.45, 7) is 8.08. The van der Waals surface area contributed by atoms with Crippen molar-refractivity contribution >= 4 is 17.3 Å². The van der Waals surface area contributed by atoms with Crippen molar-refractivity contribution in [3.8, 4) is 11.3 Å². The van der Waals surface area contributed by atoms with Crippen molar-refractivity contribution in [2.75, 3.05) is 6.54 Å². The van der Waals surface area contributed by atoms with Crippen LogP contribution in [0.3, 0.4) is 0 Å². The molecule has 0 aliphatic carbocycles. The zero-order valence-corrected chi connectivity index (χ0v) is 16.7. The molecule has 0 unspecified atom stereocenters. The topological polar surface area (TPSA) is 75.3 Å². The summed E-state index contributed by atoms with van der Waals surface area (Å²) in [5.74, 6) is 1.84. The van der Waals surface area contributed by atoms with Crippen LogP contribution >= 0.6 is 11.3 Å². The first-order valence-electron chi connectivity index (χ1n) is 9.13. The van der Waals surface area contributed by atoms with Crippen LogP contribution in [-0.4, -0.2) is 22.6 Å². The molecule has 0 saturated heterocycles. The minimum atomic E-state index is 0.349. The van der Waals surface area contributed by atoms with Gasteiger partial charge in [-0.2, -0.15) is 0 Å². The number of nitrogens with zero attached hydrogens (tertiary/aromatic N) is 3. The Bertz CT molecular complexity index is 869. The van der Waals surface area contributed by atoms with Crippen molar-refractivity contribution < 1.29 is 4.52 Å². The van der Waals surface area contributed by atoms with Crippen LogP contribution in [0.15, 0.2) is 51.3 Å². The summed E-state index contributed by atoms with van der Waals surface area (Å²) in [5, 5.41) is 13.7. The zero-order chi connectivity index (χ0) is 19.1. The first-order valence-corrected chi connectivity index (χ1v) is 10.0. The van der Waals surface area contributed by atoms with E-state index < -0.39 is 0 Å². The molecule has 0 bridgehead atoms. The Morgan fingerprint density at radius 1 is 1.22 bits per heavy atom. The Morgan fingerprint density at radius 3 is 2.74 bits per heavy atom. The number of aromatic nitrogens is 2. The third-order valence-electron chi connectivity index (χ3n) is 3.93. The summed E-state index contributed by atoms with van der Waals surface area (Å²) in [7, 11) is 0. The van der Waals surface area contributed by atoms with Gasteiger partial charge in [0, 0.05) is 23.6 Å². The highest BCUT2D eigenvalue weighted by Gasteiger charge is 2.08. The van der Waals surface area contributed by atoms with E-state index in [4.69, 9.17) is 9.51 Å². The molecule has 0 spiro atoms. The number of hydrogen-bond donors (Lipinski definition) is 2. The van der Waals surface area contributed by atoms with E-state index in [-0.39, 0.29) is 0 Å². The number of rotatable bonds is 7. The lowest BCUT2D eigenvalue weighted by Gasteiger charge is -2.09. The monoisotopic (exact) mass is 383 g/mol. The minimum Gasteiger partial charge on any atom is -0.359 e. The summed E-state index contributed by atoms with van der Waals surface area (Å²) < 4.78 is 5.35. The Hall–Kier alpha value is -2.67. The van der Waals surface area contributed by atoms with Crippen molar-refractivity contribution in [1.29, 1.82) is 0 Å². The summed E-state index contributed by atoms with van der Waals surface area (Å²) in [5.41, 5.74) is 3.09. The maximum atomic E-state index is 5.35. The van der Waals surface area contributed by atoms with Gasteiger partial charge >= 0.3 is 0 Å². The molecule has 1 aromatic carbocycles. The molecule has 3 rings (SSSR count). The molecule has 142 valence electrons. The van der Waals surface area contributed by atoms with Crippen LogP contribution < -0.4 is 10.6 Å². The van der Waals surface area contributed by atoms with Crippen LogP contribution in [0.5, 0.6) is 0 Å². The molecule has 27 heavy (non-hydrogen) atoms. The molecule has 7 heteroatoms. The molecule has 0 aliphatic rings. The van der Waals surface area contributed by atoms with Gasteiger partial charge in [0.15, 0.2) is 11.7 Å². The van der Waals surface area contributed by atoms with Crippen molar-refractivity contribution in [2.45, 2.75) is 39.8 Å². The molecule has 3 aromatic rings. The highest BCUT2D eigenvalue weighted by molar-refractivity contribution is 7.09. The van der Waals surface area contributed by atoms with Gasteiger partial charge in [-0.1, -0.05) is 49.3 Å². The SMILES string of the molecule is CCNC(=NCc1cc(C(C)C)no1)NCc1nc(-c2ccccc2)cs1. The molecule has 2 heterocycles. The standard InChI is InChI=1S/C20H25N5OS/c1-4-21-20(22-11-16-10-17(14(2)3)25-26-16)23-12-19-24-18(13-27-19)15-8-6-5-7-9-15/h5-10,13-14H,4,11-12H2,1-3H3,(H2,21,22,23). The lowest BCUT2D eigenvalue weighted by molar-refractivity contribution is 0.376. The lowest BCUT2D eigenvalue weighted by atomic mass is 10.1. The average Bonchev–Trinajstić information content (AvgIpc) is 3.34. The Kier molecular flexibility index (Phi) is 6.59. The molecule has 0 amide bonds. The van der Waals surface area contributed by atoms with E-state index in [0.29, 0.717) is 19.0 Å². The van der Waals surface area contributed by atoms with E-state index >= 15 is 0 Å². The van der Waals surface area contributed by atoms with Gasteiger partial charge in [-0.3, -0.25) is 0 Å². The molecule has 0 atom stereocenters. The normalized spacial score (nSPS) is 11.8. The van der Waals surface area contributed by atoms with Gasteiger partial charge < -0.3 is 15.2 Å². The Morgan fingerprint density at radius 2 is 2.04 bits per heavy atom. The number of guanidine groups is 1. The van der Waals surface area contributed by atoms with Gasteiger partial charge in [-0.25, -0.2) is 9.98 Å². The second kappa shape index (κ2) is 9.32. The molecular weight excluding hydrogens is 358 g/mol. The van der Waals surface area contributed by atoms with Crippen molar-refractivity contribution in [1.82, 2.24) is 20.8 Å². The molecule has 0 fully saturated rings. The minimum absolute atomic E-state index is 0.349. The molecule has 0 radical (unpaired) electrons. The quantitative estimate of drug-likeness (QED) is 0.473. The van der Waals surface area contributed by atoms with Gasteiger partial charge in [-0.05, 0) is 12.8 Å². The molecule has 2 aromatic heterocycles. The Balaban J connectivity index is 1.60. The lowest BCUT2D eigenvalue weighted by Crippen LogP contribution is -2.36. The number of hydrogen-bond acceptors (Lipinski definition) is 5. The second-order valence-electron chi connectivity index (χ2n) is 6.41. The van der Waals surface area contributed by atoms with Crippen LogP contribution in [0.1, 0.15) is 43.2 Å². The van der Waals surface area contributed by atoms with Gasteiger partial charge in [0.25, 0.3) is 0 Å². The summed E-state index contributed by atoms with van der Waals surface area (Å²) in [6, 6.07) is 12.2. The highest BCUT2D eigenvalue weighted by atomic mass is 32.1. The van der Waals surface area contributed by atoms with E-state index in [9.17, 15) is 0 Å². The average molecular weight is 384 g/mol. The first-order chi connectivity index (χ1) is 13.2. The summed E-state index contributed by atoms with van der Waals surface area (Å²) in [6.07, 6.45) is 0. The van der Waals surface area contributed by atoms with Crippen LogP contribution in [0, 0.1) is 0 Å². The summed E-state index contributed by atoms with van der Waals surface area (Å²) >= 11 is 1.64. The second-order valence-corrected chi connectivity index (χ2v) is 7.36. The van der Waals surface area contributed by atoms with Gasteiger partial charge in [0.05, 0.1) is 17.9 Å². The van der Waals surface area contributed by atoms with E-state index in [1.54, 1.807) is 11.3 Å². The fourth-order valence-electron chi connectivity index (χ4n) is 2.47. The van der Waals surface area contributed by atoms with Gasteiger partial charge in [0.2, 0.25) is 0 Å². The smallest absolute Gasteiger partial charge is 0.192 e. The largest absolute Gasteiger partial charge is 0.359 e. The first kappa shape index (κ1) is 19.1. The number of thiazole rings is 1. The van der Waals surface area contributed by atoms with E-state index in [1.807, 2.05) is 31.2 Å². The predicted molar refractivity (Wildman–Crippen MR) is 110 cm³/mol. The molecule has 2 N–H and O–H groups in total. The third kappa shape index (κ3) is 5.40. The van der Waals surface area contributed by atoms with Gasteiger partial charge in [0.1, 0.15) is 11.6 Å². The maximum Gasteiger partial charge on any atom is 0.192 e. The highest BCUT2D eigenvalue weighted by Crippen LogP contribution is 2.21. The fraction of sp³-hybridized carbons (Fsp3) is 0.350. The number of benzene rings is 1. The van der Waals surface area contributed by atoms with Crippen molar-refractivity contribution in [3.05, 3.63) is 58.2 Å². The fourth-order valence-corrected chi connectivity index (χ4v) is 3.21. The van der Waals surface area contributed by atoms with E-state index in [1.165, 1.54) is 0 Å². The third-order valence-corrected chi connectivity index (χ3v) is 4.78. The molecule has 0 saturated carbocycles. The van der Waals surface area contributed by atoms with Crippen LogP contribution in [0.25, 0.3) is 11.3 Å². The summed E-state index contributed by atoms with van der Waals surface area (Å²) in [4.78, 5) is 9.27.